The van der Waals surface area contributed by atoms with Crippen LogP contribution in [0.5, 0.6) is 0 Å². The molecule has 1 N–H and O–H groups in total. The fraction of sp³-hybridized carbons (Fsp3) is 0.333. The van der Waals surface area contributed by atoms with Crippen molar-refractivity contribution >= 4 is 10.0 Å². The van der Waals surface area contributed by atoms with Crippen molar-refractivity contribution in [2.75, 3.05) is 6.54 Å². The Morgan fingerprint density at radius 3 is 2.40 bits per heavy atom. The van der Waals surface area contributed by atoms with E-state index in [2.05, 4.69) is 11.6 Å². The first-order valence-corrected chi connectivity index (χ1v) is 8.20. The van der Waals surface area contributed by atoms with Gasteiger partial charge < -0.3 is 4.42 Å². The fourth-order valence-electron chi connectivity index (χ4n) is 1.97. The van der Waals surface area contributed by atoms with Gasteiger partial charge in [0.1, 0.15) is 0 Å². The van der Waals surface area contributed by atoms with Crippen molar-refractivity contribution in [1.29, 1.82) is 0 Å². The third-order valence-corrected chi connectivity index (χ3v) is 4.54. The molecule has 0 aliphatic carbocycles. The molecule has 0 atom stereocenters. The molecule has 0 bridgehead atoms. The Hall–Kier alpha value is -1.59. The average molecular weight is 293 g/mol. The number of furan rings is 1. The van der Waals surface area contributed by atoms with Crippen LogP contribution in [0, 0.1) is 0 Å². The van der Waals surface area contributed by atoms with Gasteiger partial charge in [-0.3, -0.25) is 0 Å². The number of aryl methyl sites for hydroxylation is 1. The van der Waals surface area contributed by atoms with Crippen LogP contribution >= 0.6 is 0 Å². The normalized spacial score (nSPS) is 11.7. The molecule has 20 heavy (non-hydrogen) atoms. The van der Waals surface area contributed by atoms with Crippen molar-refractivity contribution in [3.8, 4) is 0 Å². The SMILES string of the molecule is CCCc1ccc(S(=O)(=O)NCCc2ccoc2)cc1. The lowest BCUT2D eigenvalue weighted by atomic mass is 10.1. The minimum absolute atomic E-state index is 0.310. The maximum absolute atomic E-state index is 12.1. The van der Waals surface area contributed by atoms with E-state index in [1.165, 1.54) is 0 Å². The molecule has 2 rings (SSSR count). The van der Waals surface area contributed by atoms with Crippen molar-refractivity contribution in [1.82, 2.24) is 4.72 Å². The molecule has 0 aliphatic rings. The Balaban J connectivity index is 1.95. The molecule has 108 valence electrons. The van der Waals surface area contributed by atoms with Crippen LogP contribution in [0.3, 0.4) is 0 Å². The van der Waals surface area contributed by atoms with Crippen molar-refractivity contribution in [2.24, 2.45) is 0 Å². The summed E-state index contributed by atoms with van der Waals surface area (Å²) in [6, 6.07) is 8.88. The zero-order valence-corrected chi connectivity index (χ0v) is 12.3. The van der Waals surface area contributed by atoms with Gasteiger partial charge in [-0.05, 0) is 42.2 Å². The summed E-state index contributed by atoms with van der Waals surface area (Å²) in [6.45, 7) is 2.46. The molecular formula is C15H19NO3S. The Morgan fingerprint density at radius 2 is 1.80 bits per heavy atom. The standard InChI is InChI=1S/C15H19NO3S/c1-2-3-13-4-6-15(7-5-13)20(17,18)16-10-8-14-9-11-19-12-14/h4-7,9,11-12,16H,2-3,8,10H2,1H3. The molecule has 2 aromatic rings. The van der Waals surface area contributed by atoms with E-state index in [9.17, 15) is 8.42 Å². The van der Waals surface area contributed by atoms with Crippen molar-refractivity contribution in [3.05, 3.63) is 54.0 Å². The molecule has 0 saturated carbocycles. The Morgan fingerprint density at radius 1 is 1.05 bits per heavy atom. The predicted molar refractivity (Wildman–Crippen MR) is 78.0 cm³/mol. The lowest BCUT2D eigenvalue weighted by Crippen LogP contribution is -2.25. The highest BCUT2D eigenvalue weighted by molar-refractivity contribution is 7.89. The molecule has 0 aliphatic heterocycles. The van der Waals surface area contributed by atoms with E-state index in [1.807, 2.05) is 18.2 Å². The van der Waals surface area contributed by atoms with Crippen molar-refractivity contribution in [2.45, 2.75) is 31.1 Å². The van der Waals surface area contributed by atoms with Gasteiger partial charge in [-0.15, -0.1) is 0 Å². The summed E-state index contributed by atoms with van der Waals surface area (Å²) in [6.07, 6.45) is 5.83. The van der Waals surface area contributed by atoms with Gasteiger partial charge >= 0.3 is 0 Å². The Bertz CT molecular complexity index is 616. The summed E-state index contributed by atoms with van der Waals surface area (Å²) >= 11 is 0. The minimum atomic E-state index is -3.43. The fourth-order valence-corrected chi connectivity index (χ4v) is 3.00. The van der Waals surface area contributed by atoms with Gasteiger partial charge in [0.05, 0.1) is 17.4 Å². The van der Waals surface area contributed by atoms with Gasteiger partial charge in [0, 0.05) is 6.54 Å². The van der Waals surface area contributed by atoms with E-state index in [1.54, 1.807) is 24.7 Å². The van der Waals surface area contributed by atoms with Crippen LogP contribution in [-0.2, 0) is 22.9 Å². The van der Waals surface area contributed by atoms with E-state index in [0.717, 1.165) is 24.0 Å². The molecule has 1 heterocycles. The third-order valence-electron chi connectivity index (χ3n) is 3.06. The van der Waals surface area contributed by atoms with Gasteiger partial charge in [-0.25, -0.2) is 13.1 Å². The second-order valence-electron chi connectivity index (χ2n) is 4.67. The number of hydrogen-bond donors (Lipinski definition) is 1. The van der Waals surface area contributed by atoms with E-state index in [-0.39, 0.29) is 0 Å². The number of benzene rings is 1. The second kappa shape index (κ2) is 6.72. The van der Waals surface area contributed by atoms with E-state index >= 15 is 0 Å². The highest BCUT2D eigenvalue weighted by atomic mass is 32.2. The van der Waals surface area contributed by atoms with Gasteiger partial charge in [0.15, 0.2) is 0 Å². The first-order valence-electron chi connectivity index (χ1n) is 6.71. The average Bonchev–Trinajstić information content (AvgIpc) is 2.93. The molecular weight excluding hydrogens is 274 g/mol. The zero-order chi connectivity index (χ0) is 14.4. The van der Waals surface area contributed by atoms with Gasteiger partial charge in [0.2, 0.25) is 10.0 Å². The minimum Gasteiger partial charge on any atom is -0.472 e. The Labute approximate surface area is 119 Å². The molecule has 0 amide bonds. The first kappa shape index (κ1) is 14.8. The molecule has 0 fully saturated rings. The number of hydrogen-bond acceptors (Lipinski definition) is 3. The number of nitrogens with one attached hydrogen (secondary N) is 1. The van der Waals surface area contributed by atoms with Crippen LogP contribution in [0.15, 0.2) is 52.2 Å². The highest BCUT2D eigenvalue weighted by Gasteiger charge is 2.13. The summed E-state index contributed by atoms with van der Waals surface area (Å²) in [4.78, 5) is 0.310. The predicted octanol–water partition coefficient (Wildman–Crippen LogP) is 2.75. The van der Waals surface area contributed by atoms with Gasteiger partial charge in [-0.1, -0.05) is 25.5 Å². The first-order chi connectivity index (χ1) is 9.62. The van der Waals surface area contributed by atoms with E-state index in [0.29, 0.717) is 17.9 Å². The molecule has 5 heteroatoms. The molecule has 0 radical (unpaired) electrons. The molecule has 0 spiro atoms. The van der Waals surface area contributed by atoms with E-state index < -0.39 is 10.0 Å². The zero-order valence-electron chi connectivity index (χ0n) is 11.5. The van der Waals surface area contributed by atoms with Crippen LogP contribution < -0.4 is 4.72 Å². The smallest absolute Gasteiger partial charge is 0.240 e. The molecule has 0 unspecified atom stereocenters. The lowest BCUT2D eigenvalue weighted by Gasteiger charge is -2.07. The monoisotopic (exact) mass is 293 g/mol. The lowest BCUT2D eigenvalue weighted by molar-refractivity contribution is 0.562. The summed E-state index contributed by atoms with van der Waals surface area (Å²) < 4.78 is 31.7. The number of sulfonamides is 1. The van der Waals surface area contributed by atoms with Crippen LogP contribution in [0.1, 0.15) is 24.5 Å². The highest BCUT2D eigenvalue weighted by Crippen LogP contribution is 2.12. The van der Waals surface area contributed by atoms with Crippen LogP contribution in [0.4, 0.5) is 0 Å². The van der Waals surface area contributed by atoms with E-state index in [4.69, 9.17) is 4.42 Å². The maximum atomic E-state index is 12.1. The molecule has 0 saturated heterocycles. The van der Waals surface area contributed by atoms with Gasteiger partial charge in [0.25, 0.3) is 0 Å². The summed E-state index contributed by atoms with van der Waals surface area (Å²) in [5.74, 6) is 0. The van der Waals surface area contributed by atoms with Crippen molar-refractivity contribution in [3.63, 3.8) is 0 Å². The maximum Gasteiger partial charge on any atom is 0.240 e. The van der Waals surface area contributed by atoms with Crippen molar-refractivity contribution < 1.29 is 12.8 Å². The quantitative estimate of drug-likeness (QED) is 0.854. The van der Waals surface area contributed by atoms with Crippen LogP contribution in [0.25, 0.3) is 0 Å². The largest absolute Gasteiger partial charge is 0.472 e. The topological polar surface area (TPSA) is 59.3 Å². The Kier molecular flexibility index (Phi) is 4.98. The molecule has 1 aromatic carbocycles. The summed E-state index contributed by atoms with van der Waals surface area (Å²) in [7, 11) is -3.43. The molecule has 4 nitrogen and oxygen atoms in total. The van der Waals surface area contributed by atoms with Crippen LogP contribution in [-0.4, -0.2) is 15.0 Å². The summed E-state index contributed by atoms with van der Waals surface area (Å²) in [5.41, 5.74) is 2.14. The third kappa shape index (κ3) is 3.95. The number of rotatable bonds is 7. The van der Waals surface area contributed by atoms with Crippen LogP contribution in [0.2, 0.25) is 0 Å². The van der Waals surface area contributed by atoms with Gasteiger partial charge in [-0.2, -0.15) is 0 Å². The molecule has 1 aromatic heterocycles. The second-order valence-corrected chi connectivity index (χ2v) is 6.44. The summed E-state index contributed by atoms with van der Waals surface area (Å²) in [5, 5.41) is 0.